The van der Waals surface area contributed by atoms with Gasteiger partial charge in [0.05, 0.1) is 11.9 Å². The van der Waals surface area contributed by atoms with Crippen molar-refractivity contribution in [1.29, 1.82) is 0 Å². The van der Waals surface area contributed by atoms with E-state index in [1.54, 1.807) is 23.1 Å². The number of hydrogen-bond donors (Lipinski definition) is 0. The maximum atomic E-state index is 13.4. The summed E-state index contributed by atoms with van der Waals surface area (Å²) in [6.45, 7) is 0. The van der Waals surface area contributed by atoms with Crippen LogP contribution in [0.25, 0.3) is 16.8 Å². The lowest BCUT2D eigenvalue weighted by atomic mass is 10.1. The van der Waals surface area contributed by atoms with Crippen LogP contribution in [-0.2, 0) is 0 Å². The zero-order chi connectivity index (χ0) is 13.9. The maximum Gasteiger partial charge on any atom is 0.150 e. The Hall–Kier alpha value is -2.75. The van der Waals surface area contributed by atoms with E-state index >= 15 is 0 Å². The molecule has 1 heterocycles. The van der Waals surface area contributed by atoms with Crippen LogP contribution < -0.4 is 0 Å². The molecule has 0 saturated carbocycles. The molecule has 20 heavy (non-hydrogen) atoms. The Balaban J connectivity index is 2.02. The van der Waals surface area contributed by atoms with Crippen molar-refractivity contribution in [2.45, 2.75) is 0 Å². The van der Waals surface area contributed by atoms with Gasteiger partial charge in [-0.1, -0.05) is 30.3 Å². The normalized spacial score (nSPS) is 10.4. The van der Waals surface area contributed by atoms with Crippen LogP contribution in [0, 0.1) is 5.82 Å². The average Bonchev–Trinajstić information content (AvgIpc) is 2.97. The number of aldehydes is 1. The molecule has 0 aliphatic rings. The van der Waals surface area contributed by atoms with Crippen LogP contribution in [0.3, 0.4) is 0 Å². The second kappa shape index (κ2) is 5.09. The van der Waals surface area contributed by atoms with Crippen LogP contribution in [-0.4, -0.2) is 16.1 Å². The van der Waals surface area contributed by atoms with Crippen molar-refractivity contribution in [2.24, 2.45) is 0 Å². The summed E-state index contributed by atoms with van der Waals surface area (Å²) in [5.74, 6) is -0.457. The molecule has 0 unspecified atom stereocenters. The lowest BCUT2D eigenvalue weighted by molar-refractivity contribution is 0.112. The molecule has 0 fully saturated rings. The molecule has 3 aromatic rings. The van der Waals surface area contributed by atoms with Crippen molar-refractivity contribution in [2.75, 3.05) is 0 Å². The molecule has 0 spiro atoms. The highest BCUT2D eigenvalue weighted by Crippen LogP contribution is 2.20. The molecule has 0 aliphatic carbocycles. The minimum atomic E-state index is -0.457. The molecule has 98 valence electrons. The Kier molecular flexibility index (Phi) is 3.13. The van der Waals surface area contributed by atoms with Gasteiger partial charge in [0.2, 0.25) is 0 Å². The Labute approximate surface area is 115 Å². The van der Waals surface area contributed by atoms with Gasteiger partial charge < -0.3 is 0 Å². The van der Waals surface area contributed by atoms with E-state index in [9.17, 15) is 9.18 Å². The number of carbonyl (C=O) groups is 1. The van der Waals surface area contributed by atoms with E-state index in [2.05, 4.69) is 5.10 Å². The fourth-order valence-electron chi connectivity index (χ4n) is 2.04. The lowest BCUT2D eigenvalue weighted by Crippen LogP contribution is -1.96. The number of carbonyl (C=O) groups excluding carboxylic acids is 1. The van der Waals surface area contributed by atoms with E-state index in [0.29, 0.717) is 12.0 Å². The first-order chi connectivity index (χ1) is 9.76. The van der Waals surface area contributed by atoms with Gasteiger partial charge in [-0.3, -0.25) is 4.79 Å². The molecular weight excluding hydrogens is 255 g/mol. The summed E-state index contributed by atoms with van der Waals surface area (Å²) in [7, 11) is 0. The van der Waals surface area contributed by atoms with Crippen LogP contribution in [0.15, 0.2) is 60.9 Å². The minimum Gasteiger partial charge on any atom is -0.298 e. The third kappa shape index (κ3) is 2.36. The summed E-state index contributed by atoms with van der Waals surface area (Å²) in [6, 6.07) is 13.9. The summed E-state index contributed by atoms with van der Waals surface area (Å²) >= 11 is 0. The van der Waals surface area contributed by atoms with E-state index in [1.807, 2.05) is 30.3 Å². The first-order valence-corrected chi connectivity index (χ1v) is 6.12. The van der Waals surface area contributed by atoms with Crippen molar-refractivity contribution in [3.05, 3.63) is 72.3 Å². The predicted molar refractivity (Wildman–Crippen MR) is 74.3 cm³/mol. The van der Waals surface area contributed by atoms with E-state index in [-0.39, 0.29) is 5.56 Å². The number of halogens is 1. The summed E-state index contributed by atoms with van der Waals surface area (Å²) in [4.78, 5) is 10.8. The highest BCUT2D eigenvalue weighted by molar-refractivity contribution is 5.76. The minimum absolute atomic E-state index is 0.289. The fraction of sp³-hybridized carbons (Fsp3) is 0. The molecular formula is C16H11FN2O. The summed E-state index contributed by atoms with van der Waals surface area (Å²) in [5, 5.41) is 4.21. The predicted octanol–water partition coefficient (Wildman–Crippen LogP) is 3.49. The second-order valence-electron chi connectivity index (χ2n) is 4.40. The molecule has 0 amide bonds. The summed E-state index contributed by atoms with van der Waals surface area (Å²) in [5.41, 5.74) is 2.78. The SMILES string of the molecule is O=Cc1cc(F)cc(-n2cc(-c3ccccc3)cn2)c1. The highest BCUT2D eigenvalue weighted by Gasteiger charge is 2.06. The third-order valence-electron chi connectivity index (χ3n) is 3.00. The van der Waals surface area contributed by atoms with Crippen LogP contribution in [0.4, 0.5) is 4.39 Å². The van der Waals surface area contributed by atoms with E-state index in [0.717, 1.165) is 11.1 Å². The Morgan fingerprint density at radius 1 is 1.05 bits per heavy atom. The quantitative estimate of drug-likeness (QED) is 0.680. The molecule has 0 aliphatic heterocycles. The van der Waals surface area contributed by atoms with Crippen molar-refractivity contribution >= 4 is 6.29 Å². The van der Waals surface area contributed by atoms with Crippen LogP contribution in [0.2, 0.25) is 0 Å². The molecule has 3 rings (SSSR count). The zero-order valence-electron chi connectivity index (χ0n) is 10.5. The van der Waals surface area contributed by atoms with E-state index in [4.69, 9.17) is 0 Å². The second-order valence-corrected chi connectivity index (χ2v) is 4.40. The van der Waals surface area contributed by atoms with Gasteiger partial charge in [-0.2, -0.15) is 5.10 Å². The van der Waals surface area contributed by atoms with Crippen molar-refractivity contribution in [3.8, 4) is 16.8 Å². The van der Waals surface area contributed by atoms with Crippen LogP contribution >= 0.6 is 0 Å². The molecule has 0 atom stereocenters. The van der Waals surface area contributed by atoms with Gasteiger partial charge in [-0.05, 0) is 23.8 Å². The first kappa shape index (κ1) is 12.3. The number of aromatic nitrogens is 2. The lowest BCUT2D eigenvalue weighted by Gasteiger charge is -2.02. The molecule has 0 radical (unpaired) electrons. The Morgan fingerprint density at radius 3 is 2.60 bits per heavy atom. The molecule has 0 bridgehead atoms. The van der Waals surface area contributed by atoms with Crippen molar-refractivity contribution < 1.29 is 9.18 Å². The van der Waals surface area contributed by atoms with E-state index < -0.39 is 5.82 Å². The van der Waals surface area contributed by atoms with Gasteiger partial charge in [-0.25, -0.2) is 9.07 Å². The number of nitrogens with zero attached hydrogens (tertiary/aromatic N) is 2. The number of rotatable bonds is 3. The van der Waals surface area contributed by atoms with Crippen LogP contribution in [0.5, 0.6) is 0 Å². The monoisotopic (exact) mass is 266 g/mol. The molecule has 0 N–H and O–H groups in total. The number of hydrogen-bond acceptors (Lipinski definition) is 2. The van der Waals surface area contributed by atoms with Crippen molar-refractivity contribution in [1.82, 2.24) is 9.78 Å². The third-order valence-corrected chi connectivity index (χ3v) is 3.00. The van der Waals surface area contributed by atoms with Gasteiger partial charge in [-0.15, -0.1) is 0 Å². The van der Waals surface area contributed by atoms with Gasteiger partial charge in [0, 0.05) is 17.3 Å². The average molecular weight is 266 g/mol. The van der Waals surface area contributed by atoms with E-state index in [1.165, 1.54) is 12.1 Å². The topological polar surface area (TPSA) is 34.9 Å². The summed E-state index contributed by atoms with van der Waals surface area (Å²) in [6.07, 6.45) is 4.13. The fourth-order valence-corrected chi connectivity index (χ4v) is 2.04. The highest BCUT2D eigenvalue weighted by atomic mass is 19.1. The smallest absolute Gasteiger partial charge is 0.150 e. The Morgan fingerprint density at radius 2 is 1.85 bits per heavy atom. The van der Waals surface area contributed by atoms with Gasteiger partial charge in [0.25, 0.3) is 0 Å². The molecule has 3 nitrogen and oxygen atoms in total. The first-order valence-electron chi connectivity index (χ1n) is 6.12. The standard InChI is InChI=1S/C16H11FN2O/c17-15-6-12(11-20)7-16(8-15)19-10-14(9-18-19)13-4-2-1-3-5-13/h1-11H. The molecule has 4 heteroatoms. The van der Waals surface area contributed by atoms with Gasteiger partial charge in [0.15, 0.2) is 0 Å². The number of benzene rings is 2. The molecule has 0 saturated heterocycles. The van der Waals surface area contributed by atoms with Gasteiger partial charge >= 0.3 is 0 Å². The molecule has 2 aromatic carbocycles. The largest absolute Gasteiger partial charge is 0.298 e. The maximum absolute atomic E-state index is 13.4. The Bertz CT molecular complexity index is 750. The van der Waals surface area contributed by atoms with Crippen LogP contribution in [0.1, 0.15) is 10.4 Å². The molecule has 1 aromatic heterocycles. The summed E-state index contributed by atoms with van der Waals surface area (Å²) < 4.78 is 15.0. The van der Waals surface area contributed by atoms with Gasteiger partial charge in [0.1, 0.15) is 12.1 Å². The zero-order valence-corrected chi connectivity index (χ0v) is 10.5. The van der Waals surface area contributed by atoms with Crippen molar-refractivity contribution in [3.63, 3.8) is 0 Å².